The van der Waals surface area contributed by atoms with Gasteiger partial charge in [0.1, 0.15) is 17.3 Å². The SMILES string of the molecule is Cc1noc(/C=C/c2ccc(F)cc2F)c1S(=O)(=O)N1CCC(C(=O)Nc2ccccc2C(F)(F)F)CC1. The number of sulfonamides is 1. The summed E-state index contributed by atoms with van der Waals surface area (Å²) >= 11 is 0. The fourth-order valence-electron chi connectivity index (χ4n) is 4.16. The van der Waals surface area contributed by atoms with Gasteiger partial charge < -0.3 is 9.84 Å². The number of anilines is 1. The van der Waals surface area contributed by atoms with E-state index in [-0.39, 0.29) is 53.5 Å². The molecule has 0 bridgehead atoms. The maximum atomic E-state index is 14.0. The van der Waals surface area contributed by atoms with E-state index in [2.05, 4.69) is 10.5 Å². The van der Waals surface area contributed by atoms with Crippen LogP contribution in [-0.4, -0.2) is 36.9 Å². The molecule has 0 radical (unpaired) electrons. The second-order valence-electron chi connectivity index (χ2n) is 8.67. The average molecular weight is 556 g/mol. The highest BCUT2D eigenvalue weighted by Crippen LogP contribution is 2.35. The van der Waals surface area contributed by atoms with Crippen LogP contribution in [0.2, 0.25) is 0 Å². The first-order chi connectivity index (χ1) is 17.9. The number of nitrogens with one attached hydrogen (secondary N) is 1. The van der Waals surface area contributed by atoms with Crippen LogP contribution >= 0.6 is 0 Å². The summed E-state index contributed by atoms with van der Waals surface area (Å²) in [6, 6.07) is 7.52. The van der Waals surface area contributed by atoms with Crippen molar-refractivity contribution in [3.05, 3.63) is 76.7 Å². The Bertz CT molecular complexity index is 1480. The summed E-state index contributed by atoms with van der Waals surface area (Å²) in [5, 5.41) is 6.01. The van der Waals surface area contributed by atoms with Gasteiger partial charge in [-0.05, 0) is 56.2 Å². The molecule has 2 aromatic carbocycles. The number of piperidine rings is 1. The lowest BCUT2D eigenvalue weighted by molar-refractivity contribution is -0.137. The van der Waals surface area contributed by atoms with Gasteiger partial charge in [0.2, 0.25) is 15.9 Å². The Kier molecular flexibility index (Phi) is 7.70. The quantitative estimate of drug-likeness (QED) is 0.406. The third-order valence-electron chi connectivity index (χ3n) is 6.12. The van der Waals surface area contributed by atoms with E-state index in [1.165, 1.54) is 37.3 Å². The van der Waals surface area contributed by atoms with Crippen molar-refractivity contribution in [1.82, 2.24) is 9.46 Å². The van der Waals surface area contributed by atoms with E-state index in [4.69, 9.17) is 4.52 Å². The summed E-state index contributed by atoms with van der Waals surface area (Å²) in [5.41, 5.74) is -1.28. The second kappa shape index (κ2) is 10.7. The van der Waals surface area contributed by atoms with Crippen LogP contribution in [0, 0.1) is 24.5 Å². The molecule has 1 aromatic heterocycles. The van der Waals surface area contributed by atoms with Crippen molar-refractivity contribution in [2.45, 2.75) is 30.8 Å². The summed E-state index contributed by atoms with van der Waals surface area (Å²) in [5.74, 6) is -3.10. The normalized spacial score (nSPS) is 15.7. The van der Waals surface area contributed by atoms with Crippen LogP contribution in [0.5, 0.6) is 0 Å². The van der Waals surface area contributed by atoms with Crippen molar-refractivity contribution in [1.29, 1.82) is 0 Å². The molecule has 1 aliphatic rings. The van der Waals surface area contributed by atoms with Gasteiger partial charge in [0.15, 0.2) is 10.7 Å². The zero-order valence-electron chi connectivity index (χ0n) is 19.9. The number of aromatic nitrogens is 1. The number of para-hydroxylation sites is 1. The van der Waals surface area contributed by atoms with Gasteiger partial charge in [0, 0.05) is 30.6 Å². The molecular formula is C25H22F5N3O4S. The molecule has 1 N–H and O–H groups in total. The van der Waals surface area contributed by atoms with E-state index in [9.17, 15) is 35.2 Å². The van der Waals surface area contributed by atoms with Gasteiger partial charge in [-0.25, -0.2) is 17.2 Å². The first kappa shape index (κ1) is 27.5. The van der Waals surface area contributed by atoms with Gasteiger partial charge in [0.05, 0.1) is 11.3 Å². The summed E-state index contributed by atoms with van der Waals surface area (Å²) in [6.07, 6.45) is -2.05. The average Bonchev–Trinajstić information content (AvgIpc) is 3.24. The smallest absolute Gasteiger partial charge is 0.355 e. The fourth-order valence-corrected chi connectivity index (χ4v) is 5.88. The number of benzene rings is 2. The minimum Gasteiger partial charge on any atom is -0.355 e. The molecule has 7 nitrogen and oxygen atoms in total. The first-order valence-electron chi connectivity index (χ1n) is 11.4. The number of amides is 1. The van der Waals surface area contributed by atoms with Crippen LogP contribution in [0.1, 0.15) is 35.4 Å². The van der Waals surface area contributed by atoms with Gasteiger partial charge in [0.25, 0.3) is 0 Å². The highest BCUT2D eigenvalue weighted by Gasteiger charge is 2.37. The third kappa shape index (κ3) is 5.78. The van der Waals surface area contributed by atoms with Gasteiger partial charge >= 0.3 is 6.18 Å². The summed E-state index contributed by atoms with van der Waals surface area (Å²) < 4.78 is 99.8. The molecular weight excluding hydrogens is 533 g/mol. The minimum absolute atomic E-state index is 0.00252. The molecule has 2 heterocycles. The molecule has 1 saturated heterocycles. The summed E-state index contributed by atoms with van der Waals surface area (Å²) in [7, 11) is -4.14. The summed E-state index contributed by atoms with van der Waals surface area (Å²) in [4.78, 5) is 12.4. The van der Waals surface area contributed by atoms with Crippen molar-refractivity contribution in [3.8, 4) is 0 Å². The van der Waals surface area contributed by atoms with E-state index in [1.807, 2.05) is 0 Å². The first-order valence-corrected chi connectivity index (χ1v) is 12.9. The Hall–Kier alpha value is -3.58. The maximum Gasteiger partial charge on any atom is 0.418 e. The lowest BCUT2D eigenvalue weighted by Gasteiger charge is -2.30. The number of hydrogen-bond acceptors (Lipinski definition) is 5. The van der Waals surface area contributed by atoms with Crippen molar-refractivity contribution in [2.24, 2.45) is 5.92 Å². The van der Waals surface area contributed by atoms with E-state index >= 15 is 0 Å². The van der Waals surface area contributed by atoms with Crippen LogP contribution < -0.4 is 5.32 Å². The molecule has 1 fully saturated rings. The number of carbonyl (C=O) groups excluding carboxylic acids is 1. The number of rotatable bonds is 6. The van der Waals surface area contributed by atoms with Crippen molar-refractivity contribution in [2.75, 3.05) is 18.4 Å². The standard InChI is InChI=1S/C25H22F5N3O4S/c1-15-23(22(37-32-15)9-7-16-6-8-18(26)14-20(16)27)38(35,36)33-12-10-17(11-13-33)24(34)31-21-5-3-2-4-19(21)25(28,29)30/h2-9,14,17H,10-13H2,1H3,(H,31,34)/b9-7+. The molecule has 4 rings (SSSR count). The molecule has 1 amide bonds. The van der Waals surface area contributed by atoms with E-state index in [0.717, 1.165) is 22.5 Å². The van der Waals surface area contributed by atoms with Crippen LogP contribution in [0.3, 0.4) is 0 Å². The van der Waals surface area contributed by atoms with Gasteiger partial charge in [-0.3, -0.25) is 4.79 Å². The topological polar surface area (TPSA) is 92.5 Å². The maximum absolute atomic E-state index is 14.0. The van der Waals surface area contributed by atoms with Gasteiger partial charge in [-0.1, -0.05) is 17.3 Å². The highest BCUT2D eigenvalue weighted by molar-refractivity contribution is 7.89. The zero-order chi connectivity index (χ0) is 27.7. The molecule has 1 aliphatic heterocycles. The van der Waals surface area contributed by atoms with E-state index in [1.54, 1.807) is 0 Å². The van der Waals surface area contributed by atoms with Crippen molar-refractivity contribution < 1.29 is 39.7 Å². The minimum atomic E-state index is -4.65. The Morgan fingerprint density at radius 1 is 1.11 bits per heavy atom. The molecule has 0 aliphatic carbocycles. The Morgan fingerprint density at radius 3 is 2.45 bits per heavy atom. The number of aryl methyl sites for hydroxylation is 1. The monoisotopic (exact) mass is 555 g/mol. The Labute approximate surface area is 215 Å². The van der Waals surface area contributed by atoms with Crippen LogP contribution in [0.15, 0.2) is 51.9 Å². The van der Waals surface area contributed by atoms with Crippen LogP contribution in [-0.2, 0) is 21.0 Å². The molecule has 13 heteroatoms. The molecule has 0 saturated carbocycles. The number of hydrogen-bond donors (Lipinski definition) is 1. The zero-order valence-corrected chi connectivity index (χ0v) is 20.7. The third-order valence-corrected chi connectivity index (χ3v) is 8.18. The predicted octanol–water partition coefficient (Wildman–Crippen LogP) is 5.49. The van der Waals surface area contributed by atoms with Crippen LogP contribution in [0.25, 0.3) is 12.2 Å². The number of alkyl halides is 3. The second-order valence-corrected chi connectivity index (χ2v) is 10.5. The number of nitrogens with zero attached hydrogens (tertiary/aromatic N) is 2. The molecule has 0 atom stereocenters. The Balaban J connectivity index is 1.47. The van der Waals surface area contributed by atoms with Gasteiger partial charge in [-0.2, -0.15) is 17.5 Å². The van der Waals surface area contributed by atoms with Crippen molar-refractivity contribution >= 4 is 33.8 Å². The fraction of sp³-hybridized carbons (Fsp3) is 0.280. The van der Waals surface area contributed by atoms with E-state index in [0.29, 0.717) is 6.07 Å². The summed E-state index contributed by atoms with van der Waals surface area (Å²) in [6.45, 7) is 1.29. The number of halogens is 5. The lowest BCUT2D eigenvalue weighted by atomic mass is 9.97. The van der Waals surface area contributed by atoms with Gasteiger partial charge in [-0.15, -0.1) is 0 Å². The van der Waals surface area contributed by atoms with E-state index < -0.39 is 45.2 Å². The highest BCUT2D eigenvalue weighted by atomic mass is 32.2. The molecule has 38 heavy (non-hydrogen) atoms. The molecule has 0 unspecified atom stereocenters. The largest absolute Gasteiger partial charge is 0.418 e. The molecule has 0 spiro atoms. The van der Waals surface area contributed by atoms with Crippen molar-refractivity contribution in [3.63, 3.8) is 0 Å². The Morgan fingerprint density at radius 2 is 1.79 bits per heavy atom. The predicted molar refractivity (Wildman–Crippen MR) is 128 cm³/mol. The van der Waals surface area contributed by atoms with Crippen LogP contribution in [0.4, 0.5) is 27.6 Å². The molecule has 202 valence electrons. The molecule has 3 aromatic rings. The number of carbonyl (C=O) groups is 1. The lowest BCUT2D eigenvalue weighted by Crippen LogP contribution is -2.41.